The minimum absolute atomic E-state index is 0.0462. The highest BCUT2D eigenvalue weighted by Gasteiger charge is 2.19. The summed E-state index contributed by atoms with van der Waals surface area (Å²) in [5.41, 5.74) is 7.48. The summed E-state index contributed by atoms with van der Waals surface area (Å²) in [6.07, 6.45) is 1.50. The number of carbonyl (C=O) groups excluding carboxylic acids is 1. The van der Waals surface area contributed by atoms with E-state index in [4.69, 9.17) is 14.2 Å². The second kappa shape index (κ2) is 12.9. The summed E-state index contributed by atoms with van der Waals surface area (Å²) in [4.78, 5) is 12.7. The Morgan fingerprint density at radius 3 is 2.22 bits per heavy atom. The van der Waals surface area contributed by atoms with Gasteiger partial charge in [-0.15, -0.1) is 10.2 Å². The number of hydrogen-bond donors (Lipinski definition) is 1. The Kier molecular flexibility index (Phi) is 9.34. The maximum atomic E-state index is 12.7. The van der Waals surface area contributed by atoms with E-state index >= 15 is 0 Å². The quantitative estimate of drug-likeness (QED) is 0.145. The van der Waals surface area contributed by atoms with Crippen LogP contribution in [0, 0.1) is 6.92 Å². The molecule has 0 aliphatic carbocycles. The molecule has 41 heavy (non-hydrogen) atoms. The lowest BCUT2D eigenvalue weighted by molar-refractivity contribution is -0.118. The number of methoxy groups -OCH3 is 3. The summed E-state index contributed by atoms with van der Waals surface area (Å²) in [6, 6.07) is 20.0. The van der Waals surface area contributed by atoms with Gasteiger partial charge in [-0.3, -0.25) is 9.36 Å². The number of rotatable bonds is 10. The summed E-state index contributed by atoms with van der Waals surface area (Å²) in [6.45, 7) is 8.60. The van der Waals surface area contributed by atoms with Gasteiger partial charge in [0.05, 0.1) is 33.3 Å². The summed E-state index contributed by atoms with van der Waals surface area (Å²) in [7, 11) is 4.61. The van der Waals surface area contributed by atoms with Gasteiger partial charge in [0.25, 0.3) is 5.91 Å². The normalized spacial score (nSPS) is 11.5. The molecule has 0 saturated heterocycles. The molecule has 1 amide bonds. The van der Waals surface area contributed by atoms with Crippen LogP contribution in [0.5, 0.6) is 17.2 Å². The van der Waals surface area contributed by atoms with Gasteiger partial charge in [0, 0.05) is 16.8 Å². The second-order valence-electron chi connectivity index (χ2n) is 10.3. The minimum Gasteiger partial charge on any atom is -0.493 e. The van der Waals surface area contributed by atoms with Crippen LogP contribution >= 0.6 is 11.8 Å². The molecule has 0 fully saturated rings. The highest BCUT2D eigenvalue weighted by molar-refractivity contribution is 7.99. The molecule has 4 aromatic rings. The molecule has 10 heteroatoms. The third kappa shape index (κ3) is 6.89. The third-order valence-corrected chi connectivity index (χ3v) is 7.32. The highest BCUT2D eigenvalue weighted by atomic mass is 32.2. The molecule has 0 saturated carbocycles. The van der Waals surface area contributed by atoms with E-state index < -0.39 is 0 Å². The van der Waals surface area contributed by atoms with E-state index in [1.165, 1.54) is 37.8 Å². The SMILES string of the molecule is COc1ccc(/C=N/NC(=O)CSc2nnc(-c3ccc(C(C)(C)C)cc3)n2-c2ccc(C)cc2)c(OC)c1OC. The van der Waals surface area contributed by atoms with Crippen molar-refractivity contribution in [3.63, 3.8) is 0 Å². The molecule has 0 atom stereocenters. The minimum atomic E-state index is -0.291. The van der Waals surface area contributed by atoms with Gasteiger partial charge in [0.2, 0.25) is 5.75 Å². The van der Waals surface area contributed by atoms with Crippen LogP contribution < -0.4 is 19.6 Å². The van der Waals surface area contributed by atoms with Gasteiger partial charge in [-0.1, -0.05) is 74.5 Å². The summed E-state index contributed by atoms with van der Waals surface area (Å²) in [5.74, 6) is 1.93. The van der Waals surface area contributed by atoms with Gasteiger partial charge >= 0.3 is 0 Å². The zero-order valence-electron chi connectivity index (χ0n) is 24.4. The van der Waals surface area contributed by atoms with Gasteiger partial charge in [-0.2, -0.15) is 5.10 Å². The van der Waals surface area contributed by atoms with E-state index in [9.17, 15) is 4.79 Å². The van der Waals surface area contributed by atoms with E-state index in [0.717, 1.165) is 16.8 Å². The molecule has 9 nitrogen and oxygen atoms in total. The number of hydrazone groups is 1. The molecule has 0 bridgehead atoms. The molecule has 1 aromatic heterocycles. The zero-order chi connectivity index (χ0) is 29.6. The lowest BCUT2D eigenvalue weighted by Gasteiger charge is -2.19. The van der Waals surface area contributed by atoms with Gasteiger partial charge in [0.15, 0.2) is 22.5 Å². The van der Waals surface area contributed by atoms with Crippen LogP contribution in [0.4, 0.5) is 0 Å². The predicted molar refractivity (Wildman–Crippen MR) is 163 cm³/mol. The molecule has 214 valence electrons. The van der Waals surface area contributed by atoms with Gasteiger partial charge < -0.3 is 14.2 Å². The van der Waals surface area contributed by atoms with E-state index in [2.05, 4.69) is 65.8 Å². The van der Waals surface area contributed by atoms with Crippen molar-refractivity contribution in [3.05, 3.63) is 77.4 Å². The van der Waals surface area contributed by atoms with E-state index in [1.54, 1.807) is 19.2 Å². The summed E-state index contributed by atoms with van der Waals surface area (Å²) >= 11 is 1.28. The standard InChI is InChI=1S/C31H35N5O4S/c1-20-8-15-24(16-9-20)36-29(21-10-13-23(14-11-21)31(2,3)4)34-35-30(36)41-19-26(37)33-32-18-22-12-17-25(38-5)28(40-7)27(22)39-6/h8-18H,19H2,1-7H3,(H,33,37)/b32-18+. The number of hydrogen-bond acceptors (Lipinski definition) is 8. The summed E-state index contributed by atoms with van der Waals surface area (Å²) < 4.78 is 18.2. The number of aryl methyl sites for hydroxylation is 1. The molecule has 0 spiro atoms. The van der Waals surface area contributed by atoms with Crippen LogP contribution in [-0.4, -0.2) is 54.0 Å². The lowest BCUT2D eigenvalue weighted by atomic mass is 9.87. The van der Waals surface area contributed by atoms with Gasteiger partial charge in [-0.25, -0.2) is 5.43 Å². The molecule has 4 rings (SSSR count). The fraction of sp³-hybridized carbons (Fsp3) is 0.290. The highest BCUT2D eigenvalue weighted by Crippen LogP contribution is 2.39. The molecule has 3 aromatic carbocycles. The second-order valence-corrected chi connectivity index (χ2v) is 11.3. The number of nitrogens with zero attached hydrogens (tertiary/aromatic N) is 4. The van der Waals surface area contributed by atoms with Crippen LogP contribution in [0.15, 0.2) is 70.9 Å². The number of nitrogens with one attached hydrogen (secondary N) is 1. The van der Waals surface area contributed by atoms with Crippen molar-refractivity contribution in [1.29, 1.82) is 0 Å². The topological polar surface area (TPSA) is 99.9 Å². The Morgan fingerprint density at radius 2 is 1.61 bits per heavy atom. The predicted octanol–water partition coefficient (Wildman–Crippen LogP) is 5.81. The largest absolute Gasteiger partial charge is 0.493 e. The average molecular weight is 574 g/mol. The lowest BCUT2D eigenvalue weighted by Crippen LogP contribution is -2.20. The first-order valence-electron chi connectivity index (χ1n) is 13.0. The van der Waals surface area contributed by atoms with Crippen molar-refractivity contribution < 1.29 is 19.0 Å². The molecule has 0 aliphatic rings. The van der Waals surface area contributed by atoms with E-state index in [1.807, 2.05) is 35.8 Å². The van der Waals surface area contributed by atoms with Crippen LogP contribution in [0.1, 0.15) is 37.5 Å². The van der Waals surface area contributed by atoms with Crippen LogP contribution in [-0.2, 0) is 10.2 Å². The first-order chi connectivity index (χ1) is 19.7. The monoisotopic (exact) mass is 573 g/mol. The van der Waals surface area contributed by atoms with Crippen molar-refractivity contribution in [2.24, 2.45) is 5.10 Å². The van der Waals surface area contributed by atoms with Gasteiger partial charge in [0.1, 0.15) is 0 Å². The first-order valence-corrected chi connectivity index (χ1v) is 14.0. The Morgan fingerprint density at radius 1 is 0.927 bits per heavy atom. The van der Waals surface area contributed by atoms with Crippen LogP contribution in [0.2, 0.25) is 0 Å². The number of amides is 1. The average Bonchev–Trinajstić information content (AvgIpc) is 3.39. The maximum Gasteiger partial charge on any atom is 0.250 e. The van der Waals surface area contributed by atoms with E-state index in [0.29, 0.717) is 33.8 Å². The number of carbonyl (C=O) groups is 1. The Hall–Kier alpha value is -4.31. The van der Waals surface area contributed by atoms with Crippen molar-refractivity contribution >= 4 is 23.9 Å². The first kappa shape index (κ1) is 29.7. The van der Waals surface area contributed by atoms with Crippen molar-refractivity contribution in [2.45, 2.75) is 38.3 Å². The van der Waals surface area contributed by atoms with Crippen molar-refractivity contribution in [3.8, 4) is 34.3 Å². The van der Waals surface area contributed by atoms with E-state index in [-0.39, 0.29) is 17.1 Å². The smallest absolute Gasteiger partial charge is 0.250 e. The van der Waals surface area contributed by atoms with Crippen LogP contribution in [0.3, 0.4) is 0 Å². The Bertz CT molecular complexity index is 1520. The fourth-order valence-corrected chi connectivity index (χ4v) is 4.90. The number of ether oxygens (including phenoxy) is 3. The zero-order valence-corrected chi connectivity index (χ0v) is 25.2. The number of thioether (sulfide) groups is 1. The van der Waals surface area contributed by atoms with Crippen molar-refractivity contribution in [2.75, 3.05) is 27.1 Å². The summed E-state index contributed by atoms with van der Waals surface area (Å²) in [5, 5.41) is 13.6. The molecule has 1 heterocycles. The Balaban J connectivity index is 1.52. The molecule has 0 unspecified atom stereocenters. The van der Waals surface area contributed by atoms with Gasteiger partial charge in [-0.05, 0) is 42.2 Å². The molecule has 0 radical (unpaired) electrons. The molecular formula is C31H35N5O4S. The number of benzene rings is 3. The molecule has 0 aliphatic heterocycles. The van der Waals surface area contributed by atoms with Crippen LogP contribution in [0.25, 0.3) is 17.1 Å². The third-order valence-electron chi connectivity index (χ3n) is 6.39. The Labute approximate surface area is 244 Å². The maximum absolute atomic E-state index is 12.7. The molecular weight excluding hydrogens is 538 g/mol. The molecule has 1 N–H and O–H groups in total. The fourth-order valence-electron chi connectivity index (χ4n) is 4.16. The van der Waals surface area contributed by atoms with Crippen molar-refractivity contribution in [1.82, 2.24) is 20.2 Å². The number of aromatic nitrogens is 3.